The summed E-state index contributed by atoms with van der Waals surface area (Å²) in [7, 11) is -9.90. The van der Waals surface area contributed by atoms with E-state index in [0.29, 0.717) is 31.6 Å². The van der Waals surface area contributed by atoms with Crippen molar-refractivity contribution in [1.82, 2.24) is 0 Å². The lowest BCUT2D eigenvalue weighted by atomic mass is 9.99. The lowest BCUT2D eigenvalue weighted by Gasteiger charge is -2.21. The van der Waals surface area contributed by atoms with Gasteiger partial charge in [-0.25, -0.2) is 9.13 Å². The maximum absolute atomic E-state index is 13.1. The quantitative estimate of drug-likeness (QED) is 0.0169. The molecule has 0 aromatic rings. The van der Waals surface area contributed by atoms with Crippen molar-refractivity contribution < 1.29 is 80.2 Å². The predicted molar refractivity (Wildman–Crippen MR) is 372 cm³/mol. The predicted octanol–water partition coefficient (Wildman–Crippen LogP) is 20.7. The Balaban J connectivity index is 5.14. The Bertz CT molecular complexity index is 1880. The number of carbonyl (C=O) groups is 4. The van der Waals surface area contributed by atoms with Crippen molar-refractivity contribution in [3.8, 4) is 0 Å². The van der Waals surface area contributed by atoms with Crippen molar-refractivity contribution in [2.45, 2.75) is 368 Å². The van der Waals surface area contributed by atoms with E-state index in [1.807, 2.05) is 0 Å². The first-order chi connectivity index (χ1) is 44.4. The molecule has 0 aliphatic carbocycles. The van der Waals surface area contributed by atoms with E-state index in [2.05, 4.69) is 65.8 Å². The zero-order chi connectivity index (χ0) is 67.9. The highest BCUT2D eigenvalue weighted by molar-refractivity contribution is 7.47. The minimum absolute atomic E-state index is 0.100. The Morgan fingerprint density at radius 2 is 0.641 bits per heavy atom. The van der Waals surface area contributed by atoms with Crippen molar-refractivity contribution >= 4 is 39.5 Å². The maximum atomic E-state index is 13.1. The monoisotopic (exact) mass is 1350 g/mol. The molecule has 0 aliphatic heterocycles. The van der Waals surface area contributed by atoms with Crippen molar-refractivity contribution in [2.75, 3.05) is 39.6 Å². The van der Waals surface area contributed by atoms with Crippen LogP contribution >= 0.6 is 15.6 Å². The van der Waals surface area contributed by atoms with Gasteiger partial charge in [-0.05, 0) is 63.2 Å². The first kappa shape index (κ1) is 89.5. The van der Waals surface area contributed by atoms with E-state index in [-0.39, 0.29) is 25.7 Å². The molecule has 0 fully saturated rings. The second-order valence-electron chi connectivity index (χ2n) is 26.4. The Labute approximate surface area is 561 Å². The first-order valence-corrected chi connectivity index (χ1v) is 40.3. The molecule has 0 radical (unpaired) electrons. The third-order valence-corrected chi connectivity index (χ3v) is 18.6. The fraction of sp³-hybridized carbons (Fsp3) is 0.890. The van der Waals surface area contributed by atoms with Crippen molar-refractivity contribution in [2.24, 2.45) is 11.8 Å². The summed E-state index contributed by atoms with van der Waals surface area (Å²) in [6, 6.07) is 0. The van der Waals surface area contributed by atoms with Crippen LogP contribution in [0.25, 0.3) is 0 Å². The minimum atomic E-state index is -4.96. The van der Waals surface area contributed by atoms with Crippen LogP contribution < -0.4 is 0 Å². The number of rotatable bonds is 70. The van der Waals surface area contributed by atoms with Gasteiger partial charge in [0, 0.05) is 25.7 Å². The highest BCUT2D eigenvalue weighted by atomic mass is 31.2. The van der Waals surface area contributed by atoms with Crippen LogP contribution in [0.1, 0.15) is 350 Å². The van der Waals surface area contributed by atoms with E-state index in [4.69, 9.17) is 37.0 Å². The fourth-order valence-electron chi connectivity index (χ4n) is 10.5. The van der Waals surface area contributed by atoms with Gasteiger partial charge in [0.15, 0.2) is 12.2 Å². The summed E-state index contributed by atoms with van der Waals surface area (Å²) in [5.41, 5.74) is 0. The Kier molecular flexibility index (Phi) is 62.8. The molecule has 0 heterocycles. The molecule has 0 aromatic heterocycles. The molecule has 0 aliphatic rings. The molecular formula is C73H138O17P2. The van der Waals surface area contributed by atoms with Gasteiger partial charge in [-0.1, -0.05) is 297 Å². The van der Waals surface area contributed by atoms with Gasteiger partial charge in [0.25, 0.3) is 0 Å². The number of hydrogen-bond donors (Lipinski definition) is 3. The van der Waals surface area contributed by atoms with E-state index in [1.54, 1.807) is 0 Å². The molecule has 0 bridgehead atoms. The number of aliphatic hydroxyl groups is 1. The summed E-state index contributed by atoms with van der Waals surface area (Å²) in [5.74, 6) is -0.602. The van der Waals surface area contributed by atoms with Crippen LogP contribution in [0.2, 0.25) is 0 Å². The van der Waals surface area contributed by atoms with Crippen LogP contribution in [0.15, 0.2) is 24.3 Å². The number of ether oxygens (including phenoxy) is 4. The average molecular weight is 1350 g/mol. The van der Waals surface area contributed by atoms with Crippen LogP contribution in [-0.2, 0) is 65.4 Å². The molecule has 3 N–H and O–H groups in total. The van der Waals surface area contributed by atoms with Gasteiger partial charge in [-0.2, -0.15) is 0 Å². The molecule has 19 heteroatoms. The largest absolute Gasteiger partial charge is 0.472 e. The molecule has 0 saturated heterocycles. The summed E-state index contributed by atoms with van der Waals surface area (Å²) in [6.45, 7) is 9.40. The Hall–Kier alpha value is -2.46. The van der Waals surface area contributed by atoms with E-state index >= 15 is 0 Å². The summed E-state index contributed by atoms with van der Waals surface area (Å²) in [4.78, 5) is 72.3. The number of phosphoric ester groups is 2. The first-order valence-electron chi connectivity index (χ1n) is 37.3. The van der Waals surface area contributed by atoms with Gasteiger partial charge < -0.3 is 33.8 Å². The summed E-state index contributed by atoms with van der Waals surface area (Å²) in [5, 5.41) is 10.6. The van der Waals surface area contributed by atoms with Gasteiger partial charge in [-0.3, -0.25) is 37.3 Å². The Morgan fingerprint density at radius 1 is 0.359 bits per heavy atom. The number of carbonyl (C=O) groups excluding carboxylic acids is 4. The average Bonchev–Trinajstić information content (AvgIpc) is 2.58. The fourth-order valence-corrected chi connectivity index (χ4v) is 12.1. The van der Waals surface area contributed by atoms with E-state index in [1.165, 1.54) is 141 Å². The smallest absolute Gasteiger partial charge is 0.462 e. The van der Waals surface area contributed by atoms with Crippen LogP contribution in [0, 0.1) is 11.8 Å². The second-order valence-corrected chi connectivity index (χ2v) is 29.3. The molecule has 0 aromatic carbocycles. The van der Waals surface area contributed by atoms with Crippen LogP contribution in [0.3, 0.4) is 0 Å². The van der Waals surface area contributed by atoms with E-state index in [9.17, 15) is 43.2 Å². The molecule has 542 valence electrons. The highest BCUT2D eigenvalue weighted by Gasteiger charge is 2.30. The Morgan fingerprint density at radius 3 is 0.978 bits per heavy atom. The topological polar surface area (TPSA) is 237 Å². The molecule has 17 nitrogen and oxygen atoms in total. The third-order valence-electron chi connectivity index (χ3n) is 16.7. The van der Waals surface area contributed by atoms with Gasteiger partial charge >= 0.3 is 39.5 Å². The minimum Gasteiger partial charge on any atom is -0.462 e. The summed E-state index contributed by atoms with van der Waals surface area (Å²) >= 11 is 0. The van der Waals surface area contributed by atoms with Crippen LogP contribution in [0.5, 0.6) is 0 Å². The number of esters is 4. The normalized spacial score (nSPS) is 14.5. The van der Waals surface area contributed by atoms with Gasteiger partial charge in [0.1, 0.15) is 19.3 Å². The van der Waals surface area contributed by atoms with Crippen molar-refractivity contribution in [3.05, 3.63) is 24.3 Å². The number of hydrogen-bond acceptors (Lipinski definition) is 15. The number of phosphoric acid groups is 2. The maximum Gasteiger partial charge on any atom is 0.472 e. The molecular weight excluding hydrogens is 1210 g/mol. The van der Waals surface area contributed by atoms with Crippen LogP contribution in [0.4, 0.5) is 0 Å². The van der Waals surface area contributed by atoms with E-state index in [0.717, 1.165) is 121 Å². The highest BCUT2D eigenvalue weighted by Crippen LogP contribution is 2.45. The molecule has 92 heavy (non-hydrogen) atoms. The summed E-state index contributed by atoms with van der Waals surface area (Å²) in [6.07, 6.45) is 54.2. The molecule has 3 unspecified atom stereocenters. The molecule has 0 saturated carbocycles. The number of allylic oxidation sites excluding steroid dienone is 4. The zero-order valence-electron chi connectivity index (χ0n) is 59.3. The van der Waals surface area contributed by atoms with Crippen molar-refractivity contribution in [1.29, 1.82) is 0 Å². The van der Waals surface area contributed by atoms with E-state index < -0.39 is 97.5 Å². The van der Waals surface area contributed by atoms with Crippen LogP contribution in [-0.4, -0.2) is 96.7 Å². The lowest BCUT2D eigenvalue weighted by Crippen LogP contribution is -2.30. The zero-order valence-corrected chi connectivity index (χ0v) is 61.1. The molecule has 0 spiro atoms. The number of aliphatic hydroxyl groups excluding tert-OH is 1. The molecule has 6 atom stereocenters. The third kappa shape index (κ3) is 64.9. The van der Waals surface area contributed by atoms with Crippen molar-refractivity contribution in [3.63, 3.8) is 0 Å². The standard InChI is InChI=1S/C73H138O17P2/c1-7-10-12-14-15-16-17-18-23-27-30-33-38-44-50-56-71(76)84-62-69(90-72(77)57-51-45-39-34-31-28-25-22-20-19-21-24-26-29-32-37-43-48-54-66(6)9-3)64-88-92(81,82)86-60-67(74)59-85-91(79,80)87-63-68(61-83-70(75)55-49-41-13-11-8-2)89-73(78)58-52-46-40-35-36-42-47-53-65(4)5/h16-18,23,65-69,74H,7-15,19-22,24-64H2,1-6H3,(H,79,80)(H,81,82)/b17-16-,23-18-/t66?,67-,68+,69+/m0/s1. The van der Waals surface area contributed by atoms with Gasteiger partial charge in [0.05, 0.1) is 26.4 Å². The number of unbranched alkanes of at least 4 members (excludes halogenated alkanes) is 36. The SMILES string of the molecule is CCCCCC/C=C\C=C/CCCCCCCC(=O)OC[C@H](COP(=O)(O)OC[C@@H](O)COP(=O)(O)OC[C@@H](COC(=O)CCCCCCC)OC(=O)CCCCCCCCCC(C)C)OC(=O)CCCCCCCCCCCCCCCCCCCCC(C)CC. The second kappa shape index (κ2) is 64.5. The lowest BCUT2D eigenvalue weighted by molar-refractivity contribution is -0.161. The molecule has 0 rings (SSSR count). The molecule has 0 amide bonds. The summed E-state index contributed by atoms with van der Waals surface area (Å²) < 4.78 is 68.0. The van der Waals surface area contributed by atoms with Gasteiger partial charge in [-0.15, -0.1) is 0 Å². The van der Waals surface area contributed by atoms with Gasteiger partial charge in [0.2, 0.25) is 0 Å².